The highest BCUT2D eigenvalue weighted by molar-refractivity contribution is 5.97. The van der Waals surface area contributed by atoms with Gasteiger partial charge in [-0.05, 0) is 50.1 Å². The number of rotatable bonds is 8. The van der Waals surface area contributed by atoms with Crippen molar-refractivity contribution in [2.24, 2.45) is 5.92 Å². The molecule has 1 saturated heterocycles. The van der Waals surface area contributed by atoms with Crippen molar-refractivity contribution in [2.45, 2.75) is 45.6 Å². The van der Waals surface area contributed by atoms with Crippen LogP contribution in [-0.2, 0) is 9.59 Å². The molecular formula is C25H30N2O4. The maximum atomic E-state index is 13.3. The monoisotopic (exact) mass is 422 g/mol. The zero-order chi connectivity index (χ0) is 22.4. The van der Waals surface area contributed by atoms with E-state index in [9.17, 15) is 14.4 Å². The average Bonchev–Trinajstić information content (AvgIpc) is 2.78. The van der Waals surface area contributed by atoms with Gasteiger partial charge in [0, 0.05) is 29.8 Å². The molecule has 1 N–H and O–H groups in total. The van der Waals surface area contributed by atoms with Crippen molar-refractivity contribution in [2.75, 3.05) is 19.0 Å². The number of hydrogen-bond acceptors (Lipinski definition) is 4. The molecule has 1 aliphatic rings. The lowest BCUT2D eigenvalue weighted by Gasteiger charge is -2.41. The molecule has 2 aromatic rings. The second-order valence-electron chi connectivity index (χ2n) is 7.90. The predicted octanol–water partition coefficient (Wildman–Crippen LogP) is 4.62. The molecule has 0 saturated carbocycles. The first-order valence-corrected chi connectivity index (χ1v) is 10.8. The van der Waals surface area contributed by atoms with E-state index in [0.717, 1.165) is 18.4 Å². The Morgan fingerprint density at radius 2 is 1.84 bits per heavy atom. The molecule has 2 unspecified atom stereocenters. The zero-order valence-electron chi connectivity index (χ0n) is 18.4. The van der Waals surface area contributed by atoms with E-state index in [-0.39, 0.29) is 23.6 Å². The lowest BCUT2D eigenvalue weighted by molar-refractivity contribution is -0.142. The molecule has 0 spiro atoms. The van der Waals surface area contributed by atoms with Crippen LogP contribution in [0.25, 0.3) is 0 Å². The Morgan fingerprint density at radius 3 is 2.48 bits per heavy atom. The Labute approximate surface area is 183 Å². The van der Waals surface area contributed by atoms with Gasteiger partial charge in [0.1, 0.15) is 5.75 Å². The molecule has 3 rings (SSSR count). The molecule has 1 heterocycles. The number of methoxy groups -OCH3 is 1. The maximum Gasteiger partial charge on any atom is 0.229 e. The van der Waals surface area contributed by atoms with Crippen LogP contribution in [0, 0.1) is 5.92 Å². The molecule has 0 aromatic heterocycles. The summed E-state index contributed by atoms with van der Waals surface area (Å²) >= 11 is 0. The normalized spacial score (nSPS) is 18.5. The Bertz CT molecular complexity index is 939. The Hall–Kier alpha value is -3.15. The Kier molecular flexibility index (Phi) is 7.45. The predicted molar refractivity (Wildman–Crippen MR) is 120 cm³/mol. The molecule has 6 heteroatoms. The number of benzene rings is 2. The van der Waals surface area contributed by atoms with Gasteiger partial charge in [-0.3, -0.25) is 14.4 Å². The summed E-state index contributed by atoms with van der Waals surface area (Å²) in [6.07, 6.45) is 2.65. The van der Waals surface area contributed by atoms with E-state index in [1.165, 1.54) is 6.92 Å². The van der Waals surface area contributed by atoms with Crippen molar-refractivity contribution in [1.82, 2.24) is 4.90 Å². The summed E-state index contributed by atoms with van der Waals surface area (Å²) in [5.41, 5.74) is 2.07. The molecule has 0 radical (unpaired) electrons. The van der Waals surface area contributed by atoms with E-state index in [0.29, 0.717) is 36.4 Å². The van der Waals surface area contributed by atoms with Gasteiger partial charge in [-0.1, -0.05) is 31.5 Å². The van der Waals surface area contributed by atoms with Crippen LogP contribution >= 0.6 is 0 Å². The van der Waals surface area contributed by atoms with Gasteiger partial charge in [0.05, 0.1) is 19.1 Å². The third kappa shape index (κ3) is 5.13. The summed E-state index contributed by atoms with van der Waals surface area (Å²) in [5, 5.41) is 2.98. The molecule has 2 aromatic carbocycles. The fourth-order valence-corrected chi connectivity index (χ4v) is 4.14. The molecule has 2 amide bonds. The summed E-state index contributed by atoms with van der Waals surface area (Å²) in [4.78, 5) is 39.5. The number of para-hydroxylation sites is 1. The molecule has 1 aliphatic heterocycles. The van der Waals surface area contributed by atoms with Crippen LogP contribution in [0.2, 0.25) is 0 Å². The largest absolute Gasteiger partial charge is 0.496 e. The molecule has 0 aliphatic carbocycles. The summed E-state index contributed by atoms with van der Waals surface area (Å²) < 4.78 is 5.57. The van der Waals surface area contributed by atoms with Crippen LogP contribution in [0.5, 0.6) is 5.75 Å². The Morgan fingerprint density at radius 1 is 1.13 bits per heavy atom. The van der Waals surface area contributed by atoms with E-state index in [2.05, 4.69) is 12.2 Å². The number of anilines is 1. The number of carbonyl (C=O) groups is 3. The van der Waals surface area contributed by atoms with E-state index < -0.39 is 5.92 Å². The highest BCUT2D eigenvalue weighted by Gasteiger charge is 2.41. The molecule has 2 atom stereocenters. The number of piperidine rings is 1. The Balaban J connectivity index is 1.92. The number of likely N-dealkylation sites (tertiary alicyclic amines) is 1. The SMILES string of the molecule is CCCCN1C(=O)CCC(C(=O)Nc2ccc(C(C)=O)cc2)C1c1ccccc1OC. The van der Waals surface area contributed by atoms with Crippen molar-refractivity contribution < 1.29 is 19.1 Å². The molecular weight excluding hydrogens is 392 g/mol. The van der Waals surface area contributed by atoms with Gasteiger partial charge in [0.25, 0.3) is 0 Å². The van der Waals surface area contributed by atoms with Crippen LogP contribution < -0.4 is 10.1 Å². The van der Waals surface area contributed by atoms with Crippen LogP contribution in [0.3, 0.4) is 0 Å². The summed E-state index contributed by atoms with van der Waals surface area (Å²) in [5.74, 6) is 0.178. The average molecular weight is 423 g/mol. The second kappa shape index (κ2) is 10.2. The van der Waals surface area contributed by atoms with Crippen molar-refractivity contribution >= 4 is 23.3 Å². The minimum atomic E-state index is -0.404. The molecule has 31 heavy (non-hydrogen) atoms. The highest BCUT2D eigenvalue weighted by atomic mass is 16.5. The van der Waals surface area contributed by atoms with Crippen LogP contribution in [0.4, 0.5) is 5.69 Å². The molecule has 1 fully saturated rings. The third-order valence-electron chi connectivity index (χ3n) is 5.81. The lowest BCUT2D eigenvalue weighted by Crippen LogP contribution is -2.47. The molecule has 0 bridgehead atoms. The number of ether oxygens (including phenoxy) is 1. The quantitative estimate of drug-likeness (QED) is 0.630. The number of nitrogens with zero attached hydrogens (tertiary/aromatic N) is 1. The maximum absolute atomic E-state index is 13.3. The van der Waals surface area contributed by atoms with Crippen molar-refractivity contribution in [3.05, 3.63) is 59.7 Å². The fraction of sp³-hybridized carbons (Fsp3) is 0.400. The van der Waals surface area contributed by atoms with Gasteiger partial charge in [0.2, 0.25) is 11.8 Å². The first-order valence-electron chi connectivity index (χ1n) is 10.8. The number of Topliss-reactive ketones (excluding diaryl/α,β-unsaturated/α-hetero) is 1. The summed E-state index contributed by atoms with van der Waals surface area (Å²) in [6, 6.07) is 14.1. The minimum Gasteiger partial charge on any atom is -0.496 e. The first-order chi connectivity index (χ1) is 15.0. The standard InChI is InChI=1S/C25H30N2O4/c1-4-5-16-27-23(29)15-14-21(24(27)20-8-6-7-9-22(20)31-3)25(30)26-19-12-10-18(11-13-19)17(2)28/h6-13,21,24H,4-5,14-16H2,1-3H3,(H,26,30). The molecule has 6 nitrogen and oxygen atoms in total. The number of unbranched alkanes of at least 4 members (excludes halogenated alkanes) is 1. The van der Waals surface area contributed by atoms with Gasteiger partial charge >= 0.3 is 0 Å². The number of amides is 2. The first kappa shape index (κ1) is 22.5. The topological polar surface area (TPSA) is 75.7 Å². The summed E-state index contributed by atoms with van der Waals surface area (Å²) in [7, 11) is 1.60. The number of carbonyl (C=O) groups excluding carboxylic acids is 3. The zero-order valence-corrected chi connectivity index (χ0v) is 18.4. The van der Waals surface area contributed by atoms with E-state index >= 15 is 0 Å². The van der Waals surface area contributed by atoms with E-state index in [1.54, 1.807) is 31.4 Å². The number of ketones is 1. The molecule has 164 valence electrons. The fourth-order valence-electron chi connectivity index (χ4n) is 4.14. The third-order valence-corrected chi connectivity index (χ3v) is 5.81. The van der Waals surface area contributed by atoms with Gasteiger partial charge < -0.3 is 15.0 Å². The van der Waals surface area contributed by atoms with Crippen LogP contribution in [0.1, 0.15) is 61.5 Å². The van der Waals surface area contributed by atoms with Gasteiger partial charge in [-0.25, -0.2) is 0 Å². The van der Waals surface area contributed by atoms with Crippen molar-refractivity contribution in [3.8, 4) is 5.75 Å². The highest BCUT2D eigenvalue weighted by Crippen LogP contribution is 2.41. The van der Waals surface area contributed by atoms with Gasteiger partial charge in [-0.15, -0.1) is 0 Å². The van der Waals surface area contributed by atoms with E-state index in [1.807, 2.05) is 29.2 Å². The van der Waals surface area contributed by atoms with Crippen LogP contribution in [0.15, 0.2) is 48.5 Å². The summed E-state index contributed by atoms with van der Waals surface area (Å²) in [6.45, 7) is 4.20. The van der Waals surface area contributed by atoms with Crippen molar-refractivity contribution in [3.63, 3.8) is 0 Å². The van der Waals surface area contributed by atoms with Crippen LogP contribution in [-0.4, -0.2) is 36.2 Å². The second-order valence-corrected chi connectivity index (χ2v) is 7.90. The van der Waals surface area contributed by atoms with E-state index in [4.69, 9.17) is 4.74 Å². The van der Waals surface area contributed by atoms with Crippen molar-refractivity contribution in [1.29, 1.82) is 0 Å². The number of nitrogens with one attached hydrogen (secondary N) is 1. The van der Waals surface area contributed by atoms with Gasteiger partial charge in [0.15, 0.2) is 5.78 Å². The van der Waals surface area contributed by atoms with Gasteiger partial charge in [-0.2, -0.15) is 0 Å². The lowest BCUT2D eigenvalue weighted by atomic mass is 9.83. The smallest absolute Gasteiger partial charge is 0.229 e. The number of hydrogen-bond donors (Lipinski definition) is 1. The minimum absolute atomic E-state index is 0.0218.